The zero-order valence-corrected chi connectivity index (χ0v) is 41.2. The van der Waals surface area contributed by atoms with Crippen LogP contribution < -0.4 is 39.8 Å². The first-order valence-corrected chi connectivity index (χ1v) is 26.2. The van der Waals surface area contributed by atoms with Crippen LogP contribution in [0.3, 0.4) is 0 Å². The number of aliphatic imine (C=N–C) groups is 2. The molecule has 0 saturated carbocycles. The van der Waals surface area contributed by atoms with Gasteiger partial charge in [0.25, 0.3) is 11.8 Å². The molecule has 362 valence electrons. The van der Waals surface area contributed by atoms with E-state index in [1.807, 2.05) is 97.0 Å². The van der Waals surface area contributed by atoms with E-state index in [0.29, 0.717) is 90.8 Å². The van der Waals surface area contributed by atoms with Crippen molar-refractivity contribution < 1.29 is 43.9 Å². The number of carbonyl (C=O) groups excluding carboxylic acids is 4. The Labute approximate surface area is 415 Å². The number of ether oxygens (including phenoxy) is 4. The van der Waals surface area contributed by atoms with Gasteiger partial charge < -0.3 is 30.0 Å². The number of carbonyl (C=O) groups is 4. The summed E-state index contributed by atoms with van der Waals surface area (Å²) in [6, 6.07) is 28.4. The second-order valence-corrected chi connectivity index (χ2v) is 20.5. The van der Waals surface area contributed by atoms with Gasteiger partial charge in [0.05, 0.1) is 48.3 Å². The molecule has 0 bridgehead atoms. The molecule has 0 saturated heterocycles. The van der Waals surface area contributed by atoms with Gasteiger partial charge in [-0.3, -0.25) is 39.0 Å². The number of ketones is 1. The molecule has 0 aliphatic carbocycles. The molecule has 4 aliphatic rings. The molecule has 0 aromatic heterocycles. The molecule has 3 unspecified atom stereocenters. The zero-order chi connectivity index (χ0) is 48.7. The number of nitrogens with one attached hydrogen (secondary N) is 1. The van der Waals surface area contributed by atoms with Crippen molar-refractivity contribution in [3.05, 3.63) is 130 Å². The molecule has 5 aromatic rings. The molecule has 0 radical (unpaired) electrons. The number of amides is 3. The number of rotatable bonds is 21. The van der Waals surface area contributed by atoms with Gasteiger partial charge in [0.2, 0.25) is 5.91 Å². The van der Waals surface area contributed by atoms with Crippen LogP contribution in [0.2, 0.25) is 0 Å². The van der Waals surface area contributed by atoms with Crippen molar-refractivity contribution >= 4 is 80.3 Å². The van der Waals surface area contributed by atoms with Gasteiger partial charge in [-0.2, -0.15) is 0 Å². The summed E-state index contributed by atoms with van der Waals surface area (Å²) < 4.78 is 25.0. The van der Waals surface area contributed by atoms with Crippen LogP contribution in [-0.2, 0) is 35.6 Å². The summed E-state index contributed by atoms with van der Waals surface area (Å²) >= 11 is 0. The summed E-state index contributed by atoms with van der Waals surface area (Å²) in [5.74, 6) is 3.57. The fraction of sp³-hybridized carbons (Fsp3) is 0.333. The first kappa shape index (κ1) is 48.4. The molecule has 3 amide bonds. The number of fused-ring (bicyclic) bond motifs is 8. The number of nitrogens with zero attached hydrogens (tertiary/aromatic N) is 4. The second kappa shape index (κ2) is 22.0. The molecule has 4 aliphatic heterocycles. The lowest BCUT2D eigenvalue weighted by Crippen LogP contribution is -2.64. The highest BCUT2D eigenvalue weighted by atomic mass is 33.1. The molecular formula is C54H57N6O8S2+. The van der Waals surface area contributed by atoms with Crippen molar-refractivity contribution in [3.63, 3.8) is 0 Å². The quantitative estimate of drug-likeness (QED) is 0.0537. The number of hydrogen-bond donors (Lipinski definition) is 2. The van der Waals surface area contributed by atoms with Gasteiger partial charge in [-0.1, -0.05) is 58.0 Å². The molecular weight excluding hydrogens is 925 g/mol. The van der Waals surface area contributed by atoms with E-state index < -0.39 is 0 Å². The summed E-state index contributed by atoms with van der Waals surface area (Å²) in [6.45, 7) is 4.80. The maximum atomic E-state index is 14.0. The van der Waals surface area contributed by atoms with E-state index in [-0.39, 0.29) is 54.8 Å². The Morgan fingerprint density at radius 1 is 0.743 bits per heavy atom. The number of quaternary nitrogens is 1. The molecule has 14 nitrogen and oxygen atoms in total. The third-order valence-corrected chi connectivity index (χ3v) is 15.3. The standard InChI is InChI=1S/C54H56N6O8S2/c1-33-20-42-45(57-29-39-24-37-10-4-6-12-47(37)59(39)53(42)63)27-49(33)67-31-35-21-36(23-41(22-35)66-17-9-8-14-52(62)56-16-19-70-69-18-15-44(55)34(2)61)32-68-51-28-46-43(26-50(51)65-3)54(64)60-40(30-58-46)25-38-11-5-7-13-48(38)60/h4-7,10-13,20-23,26-30,39-40,44H,8-9,14-19,24-25,31-32,55H2,1-3H3,(H,56,62)/p+1. The van der Waals surface area contributed by atoms with Gasteiger partial charge in [0, 0.05) is 86.6 Å². The maximum absolute atomic E-state index is 14.0. The zero-order valence-electron chi connectivity index (χ0n) is 39.6. The number of hydrogen-bond acceptors (Lipinski definition) is 12. The summed E-state index contributed by atoms with van der Waals surface area (Å²) in [5.41, 5.74) is 12.4. The minimum absolute atomic E-state index is 0.00131. The fourth-order valence-corrected chi connectivity index (χ4v) is 11.1. The highest BCUT2D eigenvalue weighted by molar-refractivity contribution is 8.76. The van der Waals surface area contributed by atoms with Gasteiger partial charge in [-0.15, -0.1) is 0 Å². The lowest BCUT2D eigenvalue weighted by molar-refractivity contribution is -0.402. The predicted octanol–water partition coefficient (Wildman–Crippen LogP) is 8.37. The molecule has 16 heteroatoms. The van der Waals surface area contributed by atoms with Gasteiger partial charge >= 0.3 is 0 Å². The van der Waals surface area contributed by atoms with Crippen molar-refractivity contribution in [1.29, 1.82) is 0 Å². The molecule has 0 fully saturated rings. The van der Waals surface area contributed by atoms with Crippen LogP contribution in [0.4, 0.5) is 22.7 Å². The number of Topliss-reactive ketones (excluding diaryl/α,β-unsaturated/α-hetero) is 1. The Morgan fingerprint density at radius 3 is 1.96 bits per heavy atom. The molecule has 70 heavy (non-hydrogen) atoms. The van der Waals surface area contributed by atoms with Crippen molar-refractivity contribution in [1.82, 2.24) is 5.32 Å². The average Bonchev–Trinajstić information content (AvgIpc) is 3.85. The number of methoxy groups -OCH3 is 1. The van der Waals surface area contributed by atoms with Crippen LogP contribution in [-0.4, -0.2) is 85.8 Å². The third kappa shape index (κ3) is 10.9. The summed E-state index contributed by atoms with van der Waals surface area (Å²) in [7, 11) is 4.93. The van der Waals surface area contributed by atoms with Gasteiger partial charge in [-0.25, -0.2) is 0 Å². The molecule has 9 rings (SSSR count). The van der Waals surface area contributed by atoms with Crippen LogP contribution >= 0.6 is 21.6 Å². The van der Waals surface area contributed by atoms with E-state index in [1.165, 1.54) is 0 Å². The van der Waals surface area contributed by atoms with E-state index >= 15 is 0 Å². The smallest absolute Gasteiger partial charge is 0.261 e. The first-order valence-electron chi connectivity index (χ1n) is 23.7. The topological polar surface area (TPSA) is 176 Å². The van der Waals surface area contributed by atoms with Crippen LogP contribution in [0.15, 0.2) is 101 Å². The van der Waals surface area contributed by atoms with Crippen molar-refractivity contribution in [2.75, 3.05) is 41.6 Å². The number of aryl methyl sites for hydroxylation is 1. The first-order chi connectivity index (χ1) is 34.0. The molecule has 0 spiro atoms. The SMILES string of the molecule is COc1cc2c(cc1OCc1cc(COc3cc4c(cc3C)C(=O)N3c5ccccc5CC3C=N4)cc(OCCCCC(=O)NCCSSCCC([NH3+])C(C)=O)c1)N=CC1Cc3ccccc3N1C2=O. The Hall–Kier alpha value is -6.62. The normalized spacial score (nSPS) is 16.5. The summed E-state index contributed by atoms with van der Waals surface area (Å²) in [4.78, 5) is 65.2. The molecule has 3 atom stereocenters. The number of para-hydroxylation sites is 2. The van der Waals surface area contributed by atoms with Gasteiger partial charge in [-0.05, 0) is 90.0 Å². The van der Waals surface area contributed by atoms with E-state index in [9.17, 15) is 19.2 Å². The lowest BCUT2D eigenvalue weighted by atomic mass is 10.1. The Bertz CT molecular complexity index is 2870. The monoisotopic (exact) mass is 981 g/mol. The minimum Gasteiger partial charge on any atom is -0.494 e. The third-order valence-electron chi connectivity index (χ3n) is 12.9. The van der Waals surface area contributed by atoms with Gasteiger partial charge in [0.15, 0.2) is 17.3 Å². The second-order valence-electron chi connectivity index (χ2n) is 17.8. The highest BCUT2D eigenvalue weighted by Crippen LogP contribution is 2.42. The van der Waals surface area contributed by atoms with E-state index in [2.05, 4.69) is 17.1 Å². The average molecular weight is 982 g/mol. The molecule has 4 N–H and O–H groups in total. The summed E-state index contributed by atoms with van der Waals surface area (Å²) in [5, 5.41) is 2.99. The van der Waals surface area contributed by atoms with E-state index in [4.69, 9.17) is 28.9 Å². The fourth-order valence-electron chi connectivity index (χ4n) is 9.10. The van der Waals surface area contributed by atoms with Crippen LogP contribution in [0, 0.1) is 6.92 Å². The lowest BCUT2D eigenvalue weighted by Gasteiger charge is -2.22. The number of unbranched alkanes of at least 4 members (excludes halogenated alkanes) is 1. The van der Waals surface area contributed by atoms with Crippen LogP contribution in [0.5, 0.6) is 23.0 Å². The van der Waals surface area contributed by atoms with Crippen molar-refractivity contribution in [2.45, 2.75) is 83.7 Å². The Balaban J connectivity index is 0.865. The van der Waals surface area contributed by atoms with Crippen molar-refractivity contribution in [2.24, 2.45) is 9.98 Å². The molecule has 5 aromatic carbocycles. The minimum atomic E-state index is -0.189. The number of anilines is 2. The van der Waals surface area contributed by atoms with Crippen LogP contribution in [0.25, 0.3) is 0 Å². The van der Waals surface area contributed by atoms with E-state index in [0.717, 1.165) is 57.1 Å². The summed E-state index contributed by atoms with van der Waals surface area (Å²) in [6.07, 6.45) is 7.56. The Morgan fingerprint density at radius 2 is 1.33 bits per heavy atom. The predicted molar refractivity (Wildman–Crippen MR) is 276 cm³/mol. The van der Waals surface area contributed by atoms with Crippen LogP contribution in [0.1, 0.15) is 81.1 Å². The Kier molecular flexibility index (Phi) is 15.2. The largest absolute Gasteiger partial charge is 0.494 e. The maximum Gasteiger partial charge on any atom is 0.261 e. The van der Waals surface area contributed by atoms with Crippen molar-refractivity contribution in [3.8, 4) is 23.0 Å². The molecule has 4 heterocycles. The highest BCUT2D eigenvalue weighted by Gasteiger charge is 2.38. The number of benzene rings is 5. The van der Waals surface area contributed by atoms with Gasteiger partial charge in [0.1, 0.15) is 30.8 Å². The van der Waals surface area contributed by atoms with E-state index in [1.54, 1.807) is 52.7 Å².